The third kappa shape index (κ3) is 7.67. The van der Waals surface area contributed by atoms with Gasteiger partial charge in [0.05, 0.1) is 0 Å². The minimum absolute atomic E-state index is 0.234. The monoisotopic (exact) mass is 224 g/mol. The highest BCUT2D eigenvalue weighted by Crippen LogP contribution is 2.20. The minimum atomic E-state index is -0.234. The van der Waals surface area contributed by atoms with Crippen molar-refractivity contribution in [2.75, 3.05) is 0 Å². The Bertz CT molecular complexity index is 196. The fraction of sp³-hybridized carbons (Fsp3) is 0.800. The number of unbranched alkanes of at least 4 members (excludes halogenated alkanes) is 6. The predicted molar refractivity (Wildman–Crippen MR) is 71.6 cm³/mol. The molecule has 0 fully saturated rings. The standard InChI is InChI=1S/C15H28O/c1-4-6-7-8-9-10-11-12-13-15(3,5-2)14-16/h12-14H,4-11H2,1-3H3. The molecule has 0 heterocycles. The number of allylic oxidation sites excluding steroid dienone is 2. The van der Waals surface area contributed by atoms with Gasteiger partial charge in [0.25, 0.3) is 0 Å². The van der Waals surface area contributed by atoms with Crippen LogP contribution in [0.4, 0.5) is 0 Å². The molecule has 0 aliphatic heterocycles. The summed E-state index contributed by atoms with van der Waals surface area (Å²) < 4.78 is 0. The molecule has 0 rings (SSSR count). The lowest BCUT2D eigenvalue weighted by Gasteiger charge is -2.14. The van der Waals surface area contributed by atoms with E-state index in [1.807, 2.05) is 6.92 Å². The van der Waals surface area contributed by atoms with Gasteiger partial charge in [-0.25, -0.2) is 0 Å². The Kier molecular flexibility index (Phi) is 9.27. The number of rotatable bonds is 10. The first-order valence-corrected chi connectivity index (χ1v) is 6.82. The quantitative estimate of drug-likeness (QED) is 0.293. The zero-order valence-electron chi connectivity index (χ0n) is 11.3. The largest absolute Gasteiger partial charge is 0.302 e. The summed E-state index contributed by atoms with van der Waals surface area (Å²) in [4.78, 5) is 10.8. The maximum Gasteiger partial charge on any atom is 0.129 e. The maximum absolute atomic E-state index is 10.8. The molecule has 0 radical (unpaired) electrons. The van der Waals surface area contributed by atoms with Gasteiger partial charge in [-0.05, 0) is 26.2 Å². The third-order valence-electron chi connectivity index (χ3n) is 3.25. The highest BCUT2D eigenvalue weighted by atomic mass is 16.1. The first kappa shape index (κ1) is 15.4. The molecule has 0 saturated heterocycles. The van der Waals surface area contributed by atoms with Crippen LogP contribution in [-0.2, 0) is 4.79 Å². The van der Waals surface area contributed by atoms with E-state index in [1.54, 1.807) is 0 Å². The summed E-state index contributed by atoms with van der Waals surface area (Å²) in [5.41, 5.74) is -0.234. The van der Waals surface area contributed by atoms with Gasteiger partial charge in [0.15, 0.2) is 0 Å². The molecule has 1 nitrogen and oxygen atoms in total. The molecule has 1 heteroatoms. The second-order valence-electron chi connectivity index (χ2n) is 4.94. The molecule has 0 bridgehead atoms. The average molecular weight is 224 g/mol. The van der Waals surface area contributed by atoms with E-state index in [1.165, 1.54) is 38.5 Å². The van der Waals surface area contributed by atoms with Gasteiger partial charge < -0.3 is 4.79 Å². The van der Waals surface area contributed by atoms with Gasteiger partial charge in [-0.1, -0.05) is 58.1 Å². The highest BCUT2D eigenvalue weighted by molar-refractivity contribution is 5.61. The van der Waals surface area contributed by atoms with E-state index < -0.39 is 0 Å². The van der Waals surface area contributed by atoms with Crippen LogP contribution >= 0.6 is 0 Å². The molecule has 0 saturated carbocycles. The van der Waals surface area contributed by atoms with Gasteiger partial charge in [0, 0.05) is 5.41 Å². The molecule has 0 aromatic carbocycles. The van der Waals surface area contributed by atoms with Crippen molar-refractivity contribution in [3.63, 3.8) is 0 Å². The van der Waals surface area contributed by atoms with Crippen molar-refractivity contribution in [2.24, 2.45) is 5.41 Å². The first-order valence-electron chi connectivity index (χ1n) is 6.82. The van der Waals surface area contributed by atoms with Crippen molar-refractivity contribution in [3.8, 4) is 0 Å². The van der Waals surface area contributed by atoms with Crippen LogP contribution in [0.2, 0.25) is 0 Å². The fourth-order valence-electron chi connectivity index (χ4n) is 1.64. The van der Waals surface area contributed by atoms with Crippen LogP contribution in [0.15, 0.2) is 12.2 Å². The number of hydrogen-bond acceptors (Lipinski definition) is 1. The van der Waals surface area contributed by atoms with E-state index in [4.69, 9.17) is 0 Å². The molecule has 1 unspecified atom stereocenters. The van der Waals surface area contributed by atoms with E-state index >= 15 is 0 Å². The van der Waals surface area contributed by atoms with E-state index in [9.17, 15) is 4.79 Å². The summed E-state index contributed by atoms with van der Waals surface area (Å²) in [7, 11) is 0. The van der Waals surface area contributed by atoms with Gasteiger partial charge in [0.2, 0.25) is 0 Å². The number of hydrogen-bond donors (Lipinski definition) is 0. The fourth-order valence-corrected chi connectivity index (χ4v) is 1.64. The molecule has 0 spiro atoms. The zero-order chi connectivity index (χ0) is 12.3. The normalized spacial score (nSPS) is 15.2. The van der Waals surface area contributed by atoms with Crippen molar-refractivity contribution >= 4 is 6.29 Å². The number of carbonyl (C=O) groups excluding carboxylic acids is 1. The van der Waals surface area contributed by atoms with Crippen molar-refractivity contribution in [1.82, 2.24) is 0 Å². The van der Waals surface area contributed by atoms with Crippen molar-refractivity contribution in [2.45, 2.75) is 72.1 Å². The Hall–Kier alpha value is -0.590. The Labute approximate surface area is 101 Å². The number of carbonyl (C=O) groups is 1. The van der Waals surface area contributed by atoms with Gasteiger partial charge >= 0.3 is 0 Å². The molecule has 0 aromatic rings. The molecule has 94 valence electrons. The summed E-state index contributed by atoms with van der Waals surface area (Å²) in [6.07, 6.45) is 15.3. The Balaban J connectivity index is 3.50. The molecule has 16 heavy (non-hydrogen) atoms. The molecule has 0 N–H and O–H groups in total. The van der Waals surface area contributed by atoms with Gasteiger partial charge in [-0.3, -0.25) is 0 Å². The molecule has 1 atom stereocenters. The van der Waals surface area contributed by atoms with Crippen LogP contribution in [0.3, 0.4) is 0 Å². The molecular weight excluding hydrogens is 196 g/mol. The van der Waals surface area contributed by atoms with Crippen LogP contribution in [0.25, 0.3) is 0 Å². The van der Waals surface area contributed by atoms with Gasteiger partial charge in [-0.2, -0.15) is 0 Å². The summed E-state index contributed by atoms with van der Waals surface area (Å²) in [5, 5.41) is 0. The second kappa shape index (κ2) is 9.62. The van der Waals surface area contributed by atoms with Gasteiger partial charge in [0.1, 0.15) is 6.29 Å². The Morgan fingerprint density at radius 3 is 2.19 bits per heavy atom. The lowest BCUT2D eigenvalue weighted by atomic mass is 9.89. The first-order chi connectivity index (χ1) is 7.68. The molecule has 0 aromatic heterocycles. The zero-order valence-corrected chi connectivity index (χ0v) is 11.3. The summed E-state index contributed by atoms with van der Waals surface area (Å²) in [5.74, 6) is 0. The van der Waals surface area contributed by atoms with Crippen LogP contribution in [-0.4, -0.2) is 6.29 Å². The maximum atomic E-state index is 10.8. The average Bonchev–Trinajstić information content (AvgIpc) is 2.32. The lowest BCUT2D eigenvalue weighted by Crippen LogP contribution is -2.12. The third-order valence-corrected chi connectivity index (χ3v) is 3.25. The van der Waals surface area contributed by atoms with Crippen LogP contribution in [0.1, 0.15) is 72.1 Å². The second-order valence-corrected chi connectivity index (χ2v) is 4.94. The molecule has 0 aliphatic rings. The van der Waals surface area contributed by atoms with Crippen molar-refractivity contribution in [3.05, 3.63) is 12.2 Å². The topological polar surface area (TPSA) is 17.1 Å². The molecule has 0 aliphatic carbocycles. The van der Waals surface area contributed by atoms with E-state index in [-0.39, 0.29) is 5.41 Å². The van der Waals surface area contributed by atoms with Crippen molar-refractivity contribution < 1.29 is 4.79 Å². The predicted octanol–water partition coefficient (Wildman–Crippen LogP) is 4.91. The molecular formula is C15H28O. The summed E-state index contributed by atoms with van der Waals surface area (Å²) >= 11 is 0. The Morgan fingerprint density at radius 1 is 1.00 bits per heavy atom. The SMILES string of the molecule is CCCCCCCCC=CC(C)(C=O)CC. The van der Waals surface area contributed by atoms with Crippen LogP contribution < -0.4 is 0 Å². The molecule has 0 amide bonds. The minimum Gasteiger partial charge on any atom is -0.302 e. The van der Waals surface area contributed by atoms with Crippen LogP contribution in [0, 0.1) is 5.41 Å². The van der Waals surface area contributed by atoms with E-state index in [2.05, 4.69) is 26.0 Å². The smallest absolute Gasteiger partial charge is 0.129 e. The lowest BCUT2D eigenvalue weighted by molar-refractivity contribution is -0.113. The number of aldehydes is 1. The Morgan fingerprint density at radius 2 is 1.62 bits per heavy atom. The van der Waals surface area contributed by atoms with Crippen molar-refractivity contribution in [1.29, 1.82) is 0 Å². The van der Waals surface area contributed by atoms with E-state index in [0.29, 0.717) is 0 Å². The highest BCUT2D eigenvalue weighted by Gasteiger charge is 2.15. The summed E-state index contributed by atoms with van der Waals surface area (Å²) in [6, 6.07) is 0. The van der Waals surface area contributed by atoms with Gasteiger partial charge in [-0.15, -0.1) is 0 Å². The summed E-state index contributed by atoms with van der Waals surface area (Å²) in [6.45, 7) is 6.30. The van der Waals surface area contributed by atoms with E-state index in [0.717, 1.165) is 19.1 Å². The van der Waals surface area contributed by atoms with Crippen LogP contribution in [0.5, 0.6) is 0 Å².